The van der Waals surface area contributed by atoms with Crippen LogP contribution in [0.2, 0.25) is 0 Å². The molecule has 3 nitrogen and oxygen atoms in total. The molecule has 1 heterocycles. The van der Waals surface area contributed by atoms with Crippen LogP contribution in [0.4, 0.5) is 0 Å². The molecule has 1 N–H and O–H groups in total. The van der Waals surface area contributed by atoms with Crippen LogP contribution in [0.25, 0.3) is 0 Å². The van der Waals surface area contributed by atoms with Crippen LogP contribution in [0, 0.1) is 0 Å². The Kier molecular flexibility index (Phi) is 4.79. The molecule has 1 aliphatic heterocycles. The zero-order chi connectivity index (χ0) is 11.4. The maximum absolute atomic E-state index is 11.3. The monoisotopic (exact) mass is 244 g/mol. The lowest BCUT2D eigenvalue weighted by Crippen LogP contribution is -2.47. The summed E-state index contributed by atoms with van der Waals surface area (Å²) in [6, 6.07) is 1.52. The molecular weight excluding hydrogens is 220 g/mol. The topological polar surface area (TPSA) is 32.3 Å². The summed E-state index contributed by atoms with van der Waals surface area (Å²) in [5.74, 6) is 1.79. The Labute approximate surface area is 101 Å². The minimum Gasteiger partial charge on any atom is -0.314 e. The first-order valence-electron chi connectivity index (χ1n) is 6.62. The van der Waals surface area contributed by atoms with E-state index in [1.54, 1.807) is 0 Å². The van der Waals surface area contributed by atoms with Crippen molar-refractivity contribution >= 4 is 10.8 Å². The summed E-state index contributed by atoms with van der Waals surface area (Å²) in [5.41, 5.74) is 0. The van der Waals surface area contributed by atoms with Gasteiger partial charge in [-0.3, -0.25) is 9.11 Å². The summed E-state index contributed by atoms with van der Waals surface area (Å²) in [4.78, 5) is 2.57. The fourth-order valence-electron chi connectivity index (χ4n) is 2.95. The van der Waals surface area contributed by atoms with Crippen molar-refractivity contribution in [3.05, 3.63) is 0 Å². The molecule has 2 aliphatic rings. The van der Waals surface area contributed by atoms with Crippen molar-refractivity contribution in [1.82, 2.24) is 10.2 Å². The van der Waals surface area contributed by atoms with Gasteiger partial charge < -0.3 is 5.32 Å². The molecule has 1 aliphatic carbocycles. The number of nitrogens with one attached hydrogen (secondary N) is 1. The normalized spacial score (nSPS) is 34.1. The number of hydrogen-bond acceptors (Lipinski definition) is 3. The molecule has 2 fully saturated rings. The predicted octanol–water partition coefficient (Wildman–Crippen LogP) is 0.971. The zero-order valence-corrected chi connectivity index (χ0v) is 11.1. The second-order valence-corrected chi connectivity index (χ2v) is 6.64. The molecule has 2 rings (SSSR count). The quantitative estimate of drug-likeness (QED) is 0.803. The zero-order valence-electron chi connectivity index (χ0n) is 10.3. The maximum atomic E-state index is 11.3. The highest BCUT2D eigenvalue weighted by Gasteiger charge is 2.27. The predicted molar refractivity (Wildman–Crippen MR) is 69.2 cm³/mol. The SMILES string of the molecule is CCNC1CCC(N2CCS(=O)CC2)CC1. The van der Waals surface area contributed by atoms with E-state index in [2.05, 4.69) is 17.1 Å². The fourth-order valence-corrected chi connectivity index (χ4v) is 4.03. The molecule has 16 heavy (non-hydrogen) atoms. The average Bonchev–Trinajstić information content (AvgIpc) is 2.32. The van der Waals surface area contributed by atoms with Gasteiger partial charge in [-0.1, -0.05) is 6.92 Å². The number of nitrogens with zero attached hydrogens (tertiary/aromatic N) is 1. The van der Waals surface area contributed by atoms with E-state index >= 15 is 0 Å². The smallest absolute Gasteiger partial charge is 0.0363 e. The Morgan fingerprint density at radius 1 is 1.19 bits per heavy atom. The molecule has 1 saturated heterocycles. The first-order valence-corrected chi connectivity index (χ1v) is 8.11. The summed E-state index contributed by atoms with van der Waals surface area (Å²) in [6.45, 7) is 5.40. The number of hydrogen-bond donors (Lipinski definition) is 1. The van der Waals surface area contributed by atoms with Gasteiger partial charge in [-0.2, -0.15) is 0 Å². The summed E-state index contributed by atoms with van der Waals surface area (Å²) >= 11 is 0. The van der Waals surface area contributed by atoms with Gasteiger partial charge in [0.15, 0.2) is 0 Å². The fraction of sp³-hybridized carbons (Fsp3) is 1.00. The molecule has 0 aromatic carbocycles. The Balaban J connectivity index is 1.74. The van der Waals surface area contributed by atoms with Crippen LogP contribution < -0.4 is 5.32 Å². The van der Waals surface area contributed by atoms with Crippen LogP contribution in [0.15, 0.2) is 0 Å². The molecule has 0 bridgehead atoms. The standard InChI is InChI=1S/C12H24N2OS/c1-2-13-11-3-5-12(6-4-11)14-7-9-16(15)10-8-14/h11-13H,2-10H2,1H3. The third kappa shape index (κ3) is 3.28. The number of rotatable bonds is 3. The third-order valence-electron chi connectivity index (χ3n) is 3.92. The van der Waals surface area contributed by atoms with Crippen LogP contribution in [0.1, 0.15) is 32.6 Å². The van der Waals surface area contributed by atoms with Gasteiger partial charge in [0.25, 0.3) is 0 Å². The van der Waals surface area contributed by atoms with E-state index < -0.39 is 10.8 Å². The highest BCUT2D eigenvalue weighted by molar-refractivity contribution is 7.85. The maximum Gasteiger partial charge on any atom is 0.0363 e. The van der Waals surface area contributed by atoms with Crippen molar-refractivity contribution < 1.29 is 4.21 Å². The molecule has 0 aromatic rings. The summed E-state index contributed by atoms with van der Waals surface area (Å²) in [6.07, 6.45) is 5.28. The lowest BCUT2D eigenvalue weighted by Gasteiger charge is -2.38. The highest BCUT2D eigenvalue weighted by Crippen LogP contribution is 2.24. The Bertz CT molecular complexity index is 229. The van der Waals surface area contributed by atoms with Crippen molar-refractivity contribution in [1.29, 1.82) is 0 Å². The Morgan fingerprint density at radius 2 is 1.81 bits per heavy atom. The van der Waals surface area contributed by atoms with Crippen LogP contribution in [0.5, 0.6) is 0 Å². The van der Waals surface area contributed by atoms with E-state index in [1.807, 2.05) is 0 Å². The van der Waals surface area contributed by atoms with Crippen LogP contribution in [0.3, 0.4) is 0 Å². The minimum atomic E-state index is -0.529. The second kappa shape index (κ2) is 6.12. The lowest BCUT2D eigenvalue weighted by atomic mass is 9.90. The van der Waals surface area contributed by atoms with Crippen LogP contribution in [-0.2, 0) is 10.8 Å². The third-order valence-corrected chi connectivity index (χ3v) is 5.19. The van der Waals surface area contributed by atoms with Crippen molar-refractivity contribution in [3.63, 3.8) is 0 Å². The lowest BCUT2D eigenvalue weighted by molar-refractivity contribution is 0.156. The molecule has 0 atom stereocenters. The minimum absolute atomic E-state index is 0.529. The van der Waals surface area contributed by atoms with Gasteiger partial charge in [-0.15, -0.1) is 0 Å². The van der Waals surface area contributed by atoms with Gasteiger partial charge in [0, 0.05) is 47.5 Å². The van der Waals surface area contributed by atoms with Crippen molar-refractivity contribution in [3.8, 4) is 0 Å². The van der Waals surface area contributed by atoms with Crippen LogP contribution in [-0.4, -0.2) is 52.3 Å². The van der Waals surface area contributed by atoms with E-state index in [-0.39, 0.29) is 0 Å². The molecule has 0 aromatic heterocycles. The molecule has 0 amide bonds. The molecule has 1 saturated carbocycles. The van der Waals surface area contributed by atoms with Crippen molar-refractivity contribution in [2.75, 3.05) is 31.1 Å². The average molecular weight is 244 g/mol. The highest BCUT2D eigenvalue weighted by atomic mass is 32.2. The molecule has 0 radical (unpaired) electrons. The van der Waals surface area contributed by atoms with Crippen molar-refractivity contribution in [2.45, 2.75) is 44.7 Å². The van der Waals surface area contributed by atoms with Gasteiger partial charge in [-0.05, 0) is 32.2 Å². The Morgan fingerprint density at radius 3 is 2.38 bits per heavy atom. The molecular formula is C12H24N2OS. The Hall–Kier alpha value is 0.0700. The van der Waals surface area contributed by atoms with Gasteiger partial charge in [0.2, 0.25) is 0 Å². The van der Waals surface area contributed by atoms with E-state index in [1.165, 1.54) is 25.7 Å². The van der Waals surface area contributed by atoms with E-state index in [0.717, 1.165) is 43.2 Å². The summed E-state index contributed by atoms with van der Waals surface area (Å²) < 4.78 is 11.3. The summed E-state index contributed by atoms with van der Waals surface area (Å²) in [7, 11) is -0.529. The largest absolute Gasteiger partial charge is 0.314 e. The summed E-state index contributed by atoms with van der Waals surface area (Å²) in [5, 5.41) is 3.55. The van der Waals surface area contributed by atoms with Gasteiger partial charge in [0.1, 0.15) is 0 Å². The molecule has 4 heteroatoms. The van der Waals surface area contributed by atoms with E-state index in [0.29, 0.717) is 0 Å². The second-order valence-electron chi connectivity index (χ2n) is 4.95. The van der Waals surface area contributed by atoms with E-state index in [9.17, 15) is 4.21 Å². The molecule has 94 valence electrons. The molecule has 0 spiro atoms. The van der Waals surface area contributed by atoms with Gasteiger partial charge in [-0.25, -0.2) is 0 Å². The van der Waals surface area contributed by atoms with Crippen molar-refractivity contribution in [2.24, 2.45) is 0 Å². The first-order chi connectivity index (χ1) is 7.79. The van der Waals surface area contributed by atoms with Gasteiger partial charge >= 0.3 is 0 Å². The first kappa shape index (κ1) is 12.5. The van der Waals surface area contributed by atoms with Crippen LogP contribution >= 0.6 is 0 Å². The van der Waals surface area contributed by atoms with E-state index in [4.69, 9.17) is 0 Å². The van der Waals surface area contributed by atoms with Gasteiger partial charge in [0.05, 0.1) is 0 Å². The molecule has 0 unspecified atom stereocenters.